The fourth-order valence-corrected chi connectivity index (χ4v) is 1.61. The predicted molar refractivity (Wildman–Crippen MR) is 50.6 cm³/mol. The molecule has 0 amide bonds. The number of hydrogen-bond acceptors (Lipinski definition) is 3. The van der Waals surface area contributed by atoms with Gasteiger partial charge in [0.2, 0.25) is 5.88 Å². The van der Waals surface area contributed by atoms with Gasteiger partial charge < -0.3 is 5.11 Å². The molecule has 1 aromatic heterocycles. The zero-order chi connectivity index (χ0) is 10.3. The van der Waals surface area contributed by atoms with Crippen LogP contribution in [0.4, 0.5) is 0 Å². The Balaban J connectivity index is 2.64. The molecule has 0 bridgehead atoms. The van der Waals surface area contributed by atoms with E-state index in [-0.39, 0.29) is 17.5 Å². The molecule has 0 saturated heterocycles. The van der Waals surface area contributed by atoms with Crippen molar-refractivity contribution in [3.05, 3.63) is 26.4 Å². The van der Waals surface area contributed by atoms with Crippen molar-refractivity contribution in [1.82, 2.24) is 9.55 Å². The third kappa shape index (κ3) is 1.16. The van der Waals surface area contributed by atoms with Crippen LogP contribution in [0.25, 0.3) is 0 Å². The molecule has 1 saturated carbocycles. The van der Waals surface area contributed by atoms with Gasteiger partial charge in [0.25, 0.3) is 5.56 Å². The van der Waals surface area contributed by atoms with Crippen LogP contribution in [0.1, 0.15) is 30.9 Å². The molecule has 0 unspecified atom stereocenters. The number of rotatable bonds is 1. The molecule has 5 heteroatoms. The fraction of sp³-hybridized carbons (Fsp3) is 0.556. The van der Waals surface area contributed by atoms with Crippen molar-refractivity contribution < 1.29 is 5.11 Å². The van der Waals surface area contributed by atoms with Gasteiger partial charge in [0.05, 0.1) is 5.56 Å². The largest absolute Gasteiger partial charge is 0.494 e. The highest BCUT2D eigenvalue weighted by atomic mass is 16.3. The van der Waals surface area contributed by atoms with E-state index < -0.39 is 11.2 Å². The van der Waals surface area contributed by atoms with Crippen molar-refractivity contribution in [2.24, 2.45) is 0 Å². The third-order valence-corrected chi connectivity index (χ3v) is 2.78. The number of H-pyrrole nitrogens is 1. The minimum atomic E-state index is -0.511. The average Bonchev–Trinajstić information content (AvgIpc) is 2.05. The van der Waals surface area contributed by atoms with Crippen molar-refractivity contribution in [2.45, 2.75) is 32.2 Å². The average molecular weight is 196 g/mol. The molecule has 1 aliphatic rings. The number of aromatic nitrogens is 2. The highest BCUT2D eigenvalue weighted by molar-refractivity contribution is 5.21. The van der Waals surface area contributed by atoms with Gasteiger partial charge in [0.15, 0.2) is 0 Å². The molecule has 1 aliphatic carbocycles. The Morgan fingerprint density at radius 2 is 2.07 bits per heavy atom. The van der Waals surface area contributed by atoms with E-state index in [1.165, 1.54) is 11.5 Å². The number of nitrogens with zero attached hydrogens (tertiary/aromatic N) is 1. The topological polar surface area (TPSA) is 75.1 Å². The molecule has 1 fully saturated rings. The molecule has 1 heterocycles. The van der Waals surface area contributed by atoms with Crippen LogP contribution in [0.5, 0.6) is 5.88 Å². The lowest BCUT2D eigenvalue weighted by atomic mass is 9.93. The summed E-state index contributed by atoms with van der Waals surface area (Å²) >= 11 is 0. The van der Waals surface area contributed by atoms with Gasteiger partial charge in [-0.25, -0.2) is 4.79 Å². The molecule has 14 heavy (non-hydrogen) atoms. The Labute approximate surface area is 80.0 Å². The molecule has 76 valence electrons. The van der Waals surface area contributed by atoms with Crippen molar-refractivity contribution in [3.8, 4) is 5.88 Å². The van der Waals surface area contributed by atoms with Gasteiger partial charge in [-0.05, 0) is 26.2 Å². The maximum atomic E-state index is 11.4. The summed E-state index contributed by atoms with van der Waals surface area (Å²) in [5, 5.41) is 9.64. The molecule has 2 rings (SSSR count). The number of aromatic amines is 1. The van der Waals surface area contributed by atoms with E-state index in [1.807, 2.05) is 0 Å². The fourth-order valence-electron chi connectivity index (χ4n) is 1.61. The summed E-state index contributed by atoms with van der Waals surface area (Å²) in [6.45, 7) is 1.50. The monoisotopic (exact) mass is 196 g/mol. The first-order valence-electron chi connectivity index (χ1n) is 4.65. The summed E-state index contributed by atoms with van der Waals surface area (Å²) in [6, 6.07) is 0.0537. The maximum Gasteiger partial charge on any atom is 0.331 e. The third-order valence-electron chi connectivity index (χ3n) is 2.78. The van der Waals surface area contributed by atoms with Crippen molar-refractivity contribution >= 4 is 0 Å². The van der Waals surface area contributed by atoms with Crippen molar-refractivity contribution in [3.63, 3.8) is 0 Å². The minimum absolute atomic E-state index is 0.0537. The molecule has 0 atom stereocenters. The Kier molecular flexibility index (Phi) is 1.94. The second kappa shape index (κ2) is 3.01. The molecule has 0 spiro atoms. The first-order chi connectivity index (χ1) is 6.61. The first kappa shape index (κ1) is 9.05. The lowest BCUT2D eigenvalue weighted by Gasteiger charge is -2.28. The molecule has 0 radical (unpaired) electrons. The quantitative estimate of drug-likeness (QED) is 0.677. The van der Waals surface area contributed by atoms with E-state index in [2.05, 4.69) is 4.98 Å². The molecule has 2 N–H and O–H groups in total. The predicted octanol–water partition coefficient (Wildman–Crippen LogP) is 0.276. The van der Waals surface area contributed by atoms with E-state index >= 15 is 0 Å². The smallest absolute Gasteiger partial charge is 0.331 e. The van der Waals surface area contributed by atoms with Crippen LogP contribution in [0.3, 0.4) is 0 Å². The van der Waals surface area contributed by atoms with Gasteiger partial charge in [0.1, 0.15) is 0 Å². The maximum absolute atomic E-state index is 11.4. The van der Waals surface area contributed by atoms with E-state index in [0.717, 1.165) is 19.3 Å². The van der Waals surface area contributed by atoms with Crippen LogP contribution in [0, 0.1) is 6.92 Å². The van der Waals surface area contributed by atoms with Crippen LogP contribution in [0.15, 0.2) is 9.59 Å². The van der Waals surface area contributed by atoms with Crippen molar-refractivity contribution in [1.29, 1.82) is 0 Å². The second-order valence-electron chi connectivity index (χ2n) is 3.66. The lowest BCUT2D eigenvalue weighted by molar-refractivity contribution is 0.265. The van der Waals surface area contributed by atoms with Gasteiger partial charge in [-0.1, -0.05) is 0 Å². The molecular weight excluding hydrogens is 184 g/mol. The molecular formula is C9H12N2O3. The van der Waals surface area contributed by atoms with Gasteiger partial charge in [-0.15, -0.1) is 0 Å². The zero-order valence-corrected chi connectivity index (χ0v) is 7.91. The summed E-state index contributed by atoms with van der Waals surface area (Å²) in [7, 11) is 0. The Bertz CT molecular complexity index is 468. The van der Waals surface area contributed by atoms with Gasteiger partial charge in [-0.2, -0.15) is 0 Å². The van der Waals surface area contributed by atoms with Gasteiger partial charge in [-0.3, -0.25) is 14.3 Å². The van der Waals surface area contributed by atoms with E-state index in [4.69, 9.17) is 0 Å². The highest BCUT2D eigenvalue weighted by Gasteiger charge is 2.24. The summed E-state index contributed by atoms with van der Waals surface area (Å²) in [6.07, 6.45) is 2.84. The SMILES string of the molecule is Cc1c(O)n(C2CCC2)c(=O)[nH]c1=O. The van der Waals surface area contributed by atoms with Crippen LogP contribution >= 0.6 is 0 Å². The Morgan fingerprint density at radius 3 is 2.57 bits per heavy atom. The van der Waals surface area contributed by atoms with Gasteiger partial charge >= 0.3 is 5.69 Å². The first-order valence-corrected chi connectivity index (χ1v) is 4.65. The molecule has 1 aromatic rings. The van der Waals surface area contributed by atoms with Crippen LogP contribution < -0.4 is 11.2 Å². The number of aromatic hydroxyl groups is 1. The normalized spacial score (nSPS) is 16.6. The summed E-state index contributed by atoms with van der Waals surface area (Å²) in [5.41, 5.74) is -0.817. The number of hydrogen-bond donors (Lipinski definition) is 2. The second-order valence-corrected chi connectivity index (χ2v) is 3.66. The zero-order valence-electron chi connectivity index (χ0n) is 7.91. The van der Waals surface area contributed by atoms with E-state index in [1.54, 1.807) is 0 Å². The van der Waals surface area contributed by atoms with Crippen LogP contribution in [-0.2, 0) is 0 Å². The Morgan fingerprint density at radius 1 is 1.43 bits per heavy atom. The van der Waals surface area contributed by atoms with Crippen LogP contribution in [-0.4, -0.2) is 14.7 Å². The van der Waals surface area contributed by atoms with Crippen molar-refractivity contribution in [2.75, 3.05) is 0 Å². The molecule has 5 nitrogen and oxygen atoms in total. The molecule has 0 aliphatic heterocycles. The van der Waals surface area contributed by atoms with E-state index in [9.17, 15) is 14.7 Å². The van der Waals surface area contributed by atoms with E-state index in [0.29, 0.717) is 0 Å². The van der Waals surface area contributed by atoms with Gasteiger partial charge in [0, 0.05) is 6.04 Å². The summed E-state index contributed by atoms with van der Waals surface area (Å²) in [4.78, 5) is 24.7. The highest BCUT2D eigenvalue weighted by Crippen LogP contribution is 2.32. The van der Waals surface area contributed by atoms with Crippen LogP contribution in [0.2, 0.25) is 0 Å². The lowest BCUT2D eigenvalue weighted by Crippen LogP contribution is -2.35. The molecule has 0 aromatic carbocycles. The summed E-state index contributed by atoms with van der Waals surface area (Å²) < 4.78 is 1.28. The minimum Gasteiger partial charge on any atom is -0.494 e. The Hall–Kier alpha value is -1.52. The number of nitrogens with one attached hydrogen (secondary N) is 1. The standard InChI is InChI=1S/C9H12N2O3/c1-5-7(12)10-9(14)11(8(5)13)6-3-2-4-6/h6,13H,2-4H2,1H3,(H,10,12,14). The summed E-state index contributed by atoms with van der Waals surface area (Å²) in [5.74, 6) is -0.191.